The number of aliphatic hydroxyl groups is 1. The smallest absolute Gasteiger partial charge is 0.111 e. The zero-order valence-corrected chi connectivity index (χ0v) is 27.4. The third-order valence-electron chi connectivity index (χ3n) is 7.91. The molecule has 1 aliphatic carbocycles. The largest absolute Gasteiger partial charge is 0.499 e. The Kier molecular flexibility index (Phi) is 13.9. The molecule has 0 heterocycles. The second-order valence-corrected chi connectivity index (χ2v) is 11.3. The molecule has 1 atom stereocenters. The summed E-state index contributed by atoms with van der Waals surface area (Å²) in [5.41, 5.74) is 10.1. The van der Waals surface area contributed by atoms with Crippen molar-refractivity contribution < 1.29 is 19.3 Å². The number of benzene rings is 3. The van der Waals surface area contributed by atoms with Crippen molar-refractivity contribution in [1.29, 1.82) is 0 Å². The monoisotopic (exact) mass is 617 g/mol. The molecule has 1 unspecified atom stereocenters. The van der Waals surface area contributed by atoms with E-state index in [1.165, 1.54) is 17.4 Å². The van der Waals surface area contributed by atoms with Gasteiger partial charge in [0.1, 0.15) is 6.61 Å². The van der Waals surface area contributed by atoms with Crippen LogP contribution < -0.4 is 4.90 Å². The van der Waals surface area contributed by atoms with Crippen LogP contribution in [0.1, 0.15) is 41.2 Å². The van der Waals surface area contributed by atoms with E-state index in [0.717, 1.165) is 45.6 Å². The van der Waals surface area contributed by atoms with Crippen LogP contribution in [0.5, 0.6) is 0 Å². The number of aliphatic hydroxyl groups excluding tert-OH is 1. The molecule has 0 radical (unpaired) electrons. The van der Waals surface area contributed by atoms with Gasteiger partial charge >= 0.3 is 0 Å². The molecule has 4 rings (SSSR count). The summed E-state index contributed by atoms with van der Waals surface area (Å²) >= 11 is 0. The maximum Gasteiger partial charge on any atom is 0.111 e. The molecule has 0 saturated heterocycles. The van der Waals surface area contributed by atoms with E-state index in [2.05, 4.69) is 122 Å². The fourth-order valence-corrected chi connectivity index (χ4v) is 5.25. The van der Waals surface area contributed by atoms with Gasteiger partial charge in [-0.1, -0.05) is 103 Å². The SMILES string of the molecule is C=COCCOCc1ccc(/C(=C\c2ccc(N(C/C=C\C(=C/C)CO)C3=CCC(COC)C=C3)cc2)c2ccc(C)cc2)cc1. The average molecular weight is 618 g/mol. The van der Waals surface area contributed by atoms with Crippen LogP contribution in [-0.2, 0) is 20.8 Å². The van der Waals surface area contributed by atoms with Crippen LogP contribution >= 0.6 is 0 Å². The van der Waals surface area contributed by atoms with Crippen molar-refractivity contribution in [2.24, 2.45) is 5.92 Å². The molecule has 0 aliphatic heterocycles. The average Bonchev–Trinajstić information content (AvgIpc) is 3.09. The summed E-state index contributed by atoms with van der Waals surface area (Å²) in [6, 6.07) is 26.0. The van der Waals surface area contributed by atoms with Crippen molar-refractivity contribution in [1.82, 2.24) is 0 Å². The fourth-order valence-electron chi connectivity index (χ4n) is 5.25. The molecule has 5 nitrogen and oxygen atoms in total. The van der Waals surface area contributed by atoms with Gasteiger partial charge in [0, 0.05) is 31.0 Å². The molecule has 1 aliphatic rings. The summed E-state index contributed by atoms with van der Waals surface area (Å²) in [7, 11) is 1.75. The van der Waals surface area contributed by atoms with E-state index in [1.807, 2.05) is 19.1 Å². The van der Waals surface area contributed by atoms with E-state index in [1.54, 1.807) is 7.11 Å². The first-order valence-corrected chi connectivity index (χ1v) is 15.9. The molecule has 0 spiro atoms. The minimum absolute atomic E-state index is 0.0285. The number of allylic oxidation sites excluding steroid dienone is 3. The summed E-state index contributed by atoms with van der Waals surface area (Å²) in [5, 5.41) is 9.61. The summed E-state index contributed by atoms with van der Waals surface area (Å²) < 4.78 is 16.2. The molecule has 3 aromatic carbocycles. The highest BCUT2D eigenvalue weighted by atomic mass is 16.5. The first-order valence-electron chi connectivity index (χ1n) is 15.9. The lowest BCUT2D eigenvalue weighted by atomic mass is 9.94. The normalized spacial score (nSPS) is 15.2. The predicted octanol–water partition coefficient (Wildman–Crippen LogP) is 8.67. The maximum absolute atomic E-state index is 9.61. The molecule has 1 N–H and O–H groups in total. The number of aryl methyl sites for hydroxylation is 1. The van der Waals surface area contributed by atoms with E-state index in [0.29, 0.717) is 38.9 Å². The summed E-state index contributed by atoms with van der Waals surface area (Å²) in [6.07, 6.45) is 17.4. The van der Waals surface area contributed by atoms with Crippen LogP contribution in [0.2, 0.25) is 0 Å². The van der Waals surface area contributed by atoms with E-state index in [9.17, 15) is 5.11 Å². The molecule has 0 aromatic heterocycles. The van der Waals surface area contributed by atoms with Gasteiger partial charge in [-0.15, -0.1) is 0 Å². The minimum atomic E-state index is 0.0285. The van der Waals surface area contributed by atoms with Gasteiger partial charge in [0.15, 0.2) is 0 Å². The summed E-state index contributed by atoms with van der Waals surface area (Å²) in [4.78, 5) is 2.30. The molecular formula is C41H47NO4. The maximum atomic E-state index is 9.61. The topological polar surface area (TPSA) is 51.2 Å². The van der Waals surface area contributed by atoms with Gasteiger partial charge in [0.05, 0.1) is 32.7 Å². The third-order valence-corrected chi connectivity index (χ3v) is 7.91. The van der Waals surface area contributed by atoms with Crippen LogP contribution in [-0.4, -0.2) is 45.2 Å². The van der Waals surface area contributed by atoms with Crippen molar-refractivity contribution in [3.8, 4) is 0 Å². The first-order chi connectivity index (χ1) is 22.5. The molecular weight excluding hydrogens is 570 g/mol. The zero-order chi connectivity index (χ0) is 32.6. The van der Waals surface area contributed by atoms with Gasteiger partial charge in [-0.2, -0.15) is 0 Å². The molecule has 46 heavy (non-hydrogen) atoms. The Hall–Kier alpha value is -4.42. The molecule has 3 aromatic rings. The standard InChI is InChI=1S/C41H47NO4/c1-5-33(29-43)8-7-25-42(40-23-15-35(16-24-40)30-44-4)39-21-13-34(14-22-39)28-41(37-17-9-32(3)10-18-37)38-19-11-36(12-20-38)31-46-27-26-45-6-2/h5-15,17-24,28,35,43H,2,16,25-27,29-31H2,1,3-4H3/b8-7-,33-5+,41-28-. The van der Waals surface area contributed by atoms with Gasteiger partial charge in [0.2, 0.25) is 0 Å². The number of anilines is 1. The van der Waals surface area contributed by atoms with Crippen LogP contribution in [0.3, 0.4) is 0 Å². The second kappa shape index (κ2) is 18.5. The predicted molar refractivity (Wildman–Crippen MR) is 191 cm³/mol. The lowest BCUT2D eigenvalue weighted by Crippen LogP contribution is -2.23. The Labute approximate surface area is 275 Å². The van der Waals surface area contributed by atoms with Gasteiger partial charge < -0.3 is 24.2 Å². The van der Waals surface area contributed by atoms with Gasteiger partial charge in [-0.3, -0.25) is 0 Å². The number of ether oxygens (including phenoxy) is 3. The number of rotatable bonds is 17. The fraction of sp³-hybridized carbons (Fsp3) is 0.268. The van der Waals surface area contributed by atoms with Crippen LogP contribution in [0.4, 0.5) is 5.69 Å². The highest BCUT2D eigenvalue weighted by Crippen LogP contribution is 2.30. The molecule has 0 saturated carbocycles. The van der Waals surface area contributed by atoms with Gasteiger partial charge in [0.25, 0.3) is 0 Å². The quantitative estimate of drug-likeness (QED) is 0.0711. The van der Waals surface area contributed by atoms with Crippen molar-refractivity contribution in [2.45, 2.75) is 26.9 Å². The number of nitrogens with zero attached hydrogens (tertiary/aromatic N) is 1. The molecule has 0 fully saturated rings. The van der Waals surface area contributed by atoms with E-state index >= 15 is 0 Å². The van der Waals surface area contributed by atoms with Gasteiger partial charge in [-0.05, 0) is 78.0 Å². The van der Waals surface area contributed by atoms with Crippen molar-refractivity contribution in [3.05, 3.63) is 161 Å². The lowest BCUT2D eigenvalue weighted by Gasteiger charge is -2.28. The Morgan fingerprint density at radius 1 is 0.978 bits per heavy atom. The number of methoxy groups -OCH3 is 1. The molecule has 240 valence electrons. The Bertz CT molecular complexity index is 1530. The van der Waals surface area contributed by atoms with E-state index in [4.69, 9.17) is 14.2 Å². The Balaban J connectivity index is 1.60. The Morgan fingerprint density at radius 3 is 2.30 bits per heavy atom. The summed E-state index contributed by atoms with van der Waals surface area (Å²) in [5.74, 6) is 0.390. The minimum Gasteiger partial charge on any atom is -0.499 e. The summed E-state index contributed by atoms with van der Waals surface area (Å²) in [6.45, 7) is 10.6. The lowest BCUT2D eigenvalue weighted by molar-refractivity contribution is 0.0750. The number of hydrogen-bond donors (Lipinski definition) is 1. The zero-order valence-electron chi connectivity index (χ0n) is 27.4. The van der Waals surface area contributed by atoms with Crippen LogP contribution in [0.25, 0.3) is 11.6 Å². The van der Waals surface area contributed by atoms with E-state index in [-0.39, 0.29) is 6.61 Å². The third kappa shape index (κ3) is 10.3. The van der Waals surface area contributed by atoms with Crippen molar-refractivity contribution >= 4 is 17.3 Å². The van der Waals surface area contributed by atoms with E-state index < -0.39 is 0 Å². The van der Waals surface area contributed by atoms with Crippen LogP contribution in [0, 0.1) is 12.8 Å². The second-order valence-electron chi connectivity index (χ2n) is 11.3. The highest BCUT2D eigenvalue weighted by Gasteiger charge is 2.15. The van der Waals surface area contributed by atoms with Crippen molar-refractivity contribution in [2.75, 3.05) is 45.0 Å². The van der Waals surface area contributed by atoms with Gasteiger partial charge in [-0.25, -0.2) is 0 Å². The molecule has 0 amide bonds. The first kappa shape index (κ1) is 34.5. The molecule has 5 heteroatoms. The van der Waals surface area contributed by atoms with Crippen LogP contribution in [0.15, 0.2) is 133 Å². The number of hydrogen-bond acceptors (Lipinski definition) is 5. The Morgan fingerprint density at radius 2 is 1.70 bits per heavy atom. The molecule has 0 bridgehead atoms. The van der Waals surface area contributed by atoms with Crippen molar-refractivity contribution in [3.63, 3.8) is 0 Å². The highest BCUT2D eigenvalue weighted by molar-refractivity contribution is 5.91.